The Labute approximate surface area is 189 Å². The van der Waals surface area contributed by atoms with Crippen LogP contribution >= 0.6 is 0 Å². The molecule has 1 aromatic carbocycles. The van der Waals surface area contributed by atoms with Gasteiger partial charge in [-0.2, -0.15) is 0 Å². The van der Waals surface area contributed by atoms with Crippen LogP contribution in [0.2, 0.25) is 0 Å². The average molecular weight is 458 g/mol. The molecule has 0 N–H and O–H groups in total. The van der Waals surface area contributed by atoms with Gasteiger partial charge >= 0.3 is 17.6 Å². The van der Waals surface area contributed by atoms with E-state index >= 15 is 0 Å². The summed E-state index contributed by atoms with van der Waals surface area (Å²) in [6, 6.07) is 6.20. The van der Waals surface area contributed by atoms with E-state index in [4.69, 9.17) is 28.1 Å². The zero-order chi connectivity index (χ0) is 23.9. The van der Waals surface area contributed by atoms with E-state index < -0.39 is 46.6 Å². The first kappa shape index (κ1) is 21.9. The van der Waals surface area contributed by atoms with E-state index in [0.717, 1.165) is 0 Å². The van der Waals surface area contributed by atoms with Gasteiger partial charge in [0.25, 0.3) is 0 Å². The van der Waals surface area contributed by atoms with Crippen molar-refractivity contribution in [3.8, 4) is 5.75 Å². The molecule has 9 heteroatoms. The van der Waals surface area contributed by atoms with Crippen LogP contribution in [0.15, 0.2) is 33.5 Å². The van der Waals surface area contributed by atoms with Crippen molar-refractivity contribution >= 4 is 22.9 Å². The van der Waals surface area contributed by atoms with Crippen LogP contribution < -0.4 is 10.4 Å². The van der Waals surface area contributed by atoms with Crippen molar-refractivity contribution in [3.63, 3.8) is 0 Å². The highest BCUT2D eigenvalue weighted by Crippen LogP contribution is 2.48. The van der Waals surface area contributed by atoms with Crippen molar-refractivity contribution in [3.05, 3.63) is 40.2 Å². The largest absolute Gasteiger partial charge is 0.483 e. The quantitative estimate of drug-likeness (QED) is 0.387. The molecular formula is C24H26O9. The van der Waals surface area contributed by atoms with Gasteiger partial charge in [-0.05, 0) is 53.7 Å². The van der Waals surface area contributed by atoms with Crippen molar-refractivity contribution in [1.82, 2.24) is 0 Å². The van der Waals surface area contributed by atoms with E-state index in [-0.39, 0.29) is 12.2 Å². The summed E-state index contributed by atoms with van der Waals surface area (Å²) >= 11 is 0. The molecule has 5 rings (SSSR count). The molecule has 0 amide bonds. The predicted molar refractivity (Wildman–Crippen MR) is 114 cm³/mol. The number of esters is 2. The van der Waals surface area contributed by atoms with Gasteiger partial charge in [0.05, 0.1) is 12.2 Å². The number of carbonyl (C=O) groups excluding carboxylic acids is 2. The normalized spacial score (nSPS) is 35.8. The third kappa shape index (κ3) is 3.41. The third-order valence-corrected chi connectivity index (χ3v) is 6.95. The maximum atomic E-state index is 13.0. The maximum absolute atomic E-state index is 13.0. The van der Waals surface area contributed by atoms with Crippen LogP contribution in [0.3, 0.4) is 0 Å². The Balaban J connectivity index is 1.58. The summed E-state index contributed by atoms with van der Waals surface area (Å²) in [5.74, 6) is -0.758. The van der Waals surface area contributed by atoms with Gasteiger partial charge in [-0.3, -0.25) is 0 Å². The molecule has 6 atom stereocenters. The number of hydrogen-bond donors (Lipinski definition) is 0. The van der Waals surface area contributed by atoms with Gasteiger partial charge < -0.3 is 28.1 Å². The summed E-state index contributed by atoms with van der Waals surface area (Å²) in [5, 5.41) is 0.608. The number of carbonyl (C=O) groups is 2. The summed E-state index contributed by atoms with van der Waals surface area (Å²) in [5.41, 5.74) is -2.88. The molecule has 0 saturated carbocycles. The molecule has 2 saturated heterocycles. The SMILES string of the molecule is C[C@@H]1O[C@@]1(C)C(=O)O[C@@H]1[C@H](OC(=O)[C@@]2(C)O[C@H]2C)c2cc3ccc(=O)oc3cc2OC1(C)C. The van der Waals surface area contributed by atoms with Crippen LogP contribution in [-0.4, -0.2) is 47.1 Å². The van der Waals surface area contributed by atoms with Gasteiger partial charge in [-0.15, -0.1) is 0 Å². The molecule has 0 bridgehead atoms. The van der Waals surface area contributed by atoms with Crippen LogP contribution in [0, 0.1) is 0 Å². The van der Waals surface area contributed by atoms with E-state index in [1.807, 2.05) is 0 Å². The molecule has 3 aliphatic heterocycles. The highest BCUT2D eigenvalue weighted by atomic mass is 16.7. The van der Waals surface area contributed by atoms with Crippen molar-refractivity contribution in [1.29, 1.82) is 0 Å². The number of hydrogen-bond acceptors (Lipinski definition) is 9. The molecule has 2 fully saturated rings. The number of fused-ring (bicyclic) bond motifs is 2. The highest BCUT2D eigenvalue weighted by molar-refractivity contribution is 5.85. The second-order valence-corrected chi connectivity index (χ2v) is 9.77. The second-order valence-electron chi connectivity index (χ2n) is 9.77. The van der Waals surface area contributed by atoms with E-state index in [0.29, 0.717) is 22.3 Å². The molecule has 9 nitrogen and oxygen atoms in total. The molecule has 176 valence electrons. The Hall–Kier alpha value is -2.91. The minimum atomic E-state index is -1.08. The first-order valence-electron chi connectivity index (χ1n) is 10.9. The Morgan fingerprint density at radius 3 is 2.06 bits per heavy atom. The van der Waals surface area contributed by atoms with Crippen LogP contribution in [-0.2, 0) is 28.5 Å². The fraction of sp³-hybridized carbons (Fsp3) is 0.542. The van der Waals surface area contributed by atoms with Crippen molar-refractivity contribution in [2.75, 3.05) is 0 Å². The molecule has 1 aromatic heterocycles. The Morgan fingerprint density at radius 1 is 0.909 bits per heavy atom. The second kappa shape index (κ2) is 6.80. The van der Waals surface area contributed by atoms with Crippen LogP contribution in [0.1, 0.15) is 53.2 Å². The number of rotatable bonds is 4. The first-order valence-corrected chi connectivity index (χ1v) is 10.9. The lowest BCUT2D eigenvalue weighted by molar-refractivity contribution is -0.196. The monoisotopic (exact) mass is 458 g/mol. The molecule has 0 spiro atoms. The summed E-state index contributed by atoms with van der Waals surface area (Å²) in [6.45, 7) is 10.3. The molecule has 0 unspecified atom stereocenters. The van der Waals surface area contributed by atoms with E-state index in [2.05, 4.69) is 0 Å². The fourth-order valence-corrected chi connectivity index (χ4v) is 4.18. The minimum absolute atomic E-state index is 0.280. The Bertz CT molecular complexity index is 1230. The lowest BCUT2D eigenvalue weighted by Gasteiger charge is -2.43. The lowest BCUT2D eigenvalue weighted by Crippen LogP contribution is -2.53. The minimum Gasteiger partial charge on any atom is -0.483 e. The lowest BCUT2D eigenvalue weighted by atomic mass is 9.87. The Morgan fingerprint density at radius 2 is 1.48 bits per heavy atom. The number of ether oxygens (including phenoxy) is 5. The molecule has 4 heterocycles. The van der Waals surface area contributed by atoms with Gasteiger partial charge in [-0.1, -0.05) is 0 Å². The zero-order valence-electron chi connectivity index (χ0n) is 19.3. The summed E-state index contributed by atoms with van der Waals surface area (Å²) in [7, 11) is 0. The fourth-order valence-electron chi connectivity index (χ4n) is 4.18. The average Bonchev–Trinajstić information content (AvgIpc) is 3.57. The predicted octanol–water partition coefficient (Wildman–Crippen LogP) is 2.81. The van der Waals surface area contributed by atoms with E-state index in [1.54, 1.807) is 59.7 Å². The zero-order valence-corrected chi connectivity index (χ0v) is 19.3. The van der Waals surface area contributed by atoms with Gasteiger partial charge in [-0.25, -0.2) is 14.4 Å². The highest BCUT2D eigenvalue weighted by Gasteiger charge is 2.61. The molecule has 2 aromatic rings. The topological polar surface area (TPSA) is 117 Å². The molecule has 0 aliphatic carbocycles. The molecule has 0 radical (unpaired) electrons. The van der Waals surface area contributed by atoms with Gasteiger partial charge in [0.1, 0.15) is 16.9 Å². The third-order valence-electron chi connectivity index (χ3n) is 6.95. The van der Waals surface area contributed by atoms with Crippen LogP contribution in [0.25, 0.3) is 11.0 Å². The summed E-state index contributed by atoms with van der Waals surface area (Å²) < 4.78 is 34.1. The van der Waals surface area contributed by atoms with Crippen LogP contribution in [0.5, 0.6) is 5.75 Å². The van der Waals surface area contributed by atoms with Gasteiger partial charge in [0.2, 0.25) is 0 Å². The summed E-state index contributed by atoms with van der Waals surface area (Å²) in [4.78, 5) is 37.6. The molecule has 3 aliphatic rings. The van der Waals surface area contributed by atoms with Crippen molar-refractivity contribution < 1.29 is 37.7 Å². The Kier molecular flexibility index (Phi) is 4.52. The van der Waals surface area contributed by atoms with E-state index in [1.165, 1.54) is 6.07 Å². The first-order chi connectivity index (χ1) is 15.3. The smallest absolute Gasteiger partial charge is 0.341 e. The van der Waals surface area contributed by atoms with E-state index in [9.17, 15) is 14.4 Å². The van der Waals surface area contributed by atoms with Crippen molar-refractivity contribution in [2.24, 2.45) is 0 Å². The molecule has 33 heavy (non-hydrogen) atoms. The van der Waals surface area contributed by atoms with Gasteiger partial charge in [0.15, 0.2) is 23.4 Å². The standard InChI is InChI=1S/C24H26O9/c1-11-23(5,31-11)20(26)29-18-14-9-13-7-8-17(25)28-15(13)10-16(14)33-22(3,4)19(18)30-21(27)24(6)12(2)32-24/h7-12,18-19H,1-6H3/t11-,12-,18+,19+,23-,24+/m0/s1. The van der Waals surface area contributed by atoms with Gasteiger partial charge in [0, 0.05) is 23.1 Å². The molecular weight excluding hydrogens is 432 g/mol. The number of epoxide rings is 2. The summed E-state index contributed by atoms with van der Waals surface area (Å²) in [6.07, 6.45) is -2.52. The van der Waals surface area contributed by atoms with Crippen molar-refractivity contribution in [2.45, 2.75) is 82.8 Å². The van der Waals surface area contributed by atoms with Crippen LogP contribution in [0.4, 0.5) is 0 Å². The maximum Gasteiger partial charge on any atom is 0.341 e. The number of benzene rings is 1.